The van der Waals surface area contributed by atoms with Crippen LogP contribution in [0.4, 0.5) is 13.2 Å². The number of nitrogens with zero attached hydrogens (tertiary/aromatic N) is 2. The lowest BCUT2D eigenvalue weighted by atomic mass is 9.90. The number of fused-ring (bicyclic) bond motifs is 1. The molecular weight excluding hydrogens is 325 g/mol. The summed E-state index contributed by atoms with van der Waals surface area (Å²) in [5, 5.41) is 1.69. The number of thiophene rings is 1. The SMILES string of the molecule is O=C(c1cccs1)N(CC(F)(F)F)[C@@H]1CCCc2cccnc21. The van der Waals surface area contributed by atoms with E-state index >= 15 is 0 Å². The molecule has 2 aromatic heterocycles. The highest BCUT2D eigenvalue weighted by molar-refractivity contribution is 7.12. The first-order chi connectivity index (χ1) is 11.0. The molecule has 0 aliphatic heterocycles. The van der Waals surface area contributed by atoms with Crippen LogP contribution in [0.2, 0.25) is 0 Å². The minimum absolute atomic E-state index is 0.317. The molecule has 0 fully saturated rings. The van der Waals surface area contributed by atoms with E-state index in [9.17, 15) is 18.0 Å². The fraction of sp³-hybridized carbons (Fsp3) is 0.375. The van der Waals surface area contributed by atoms with Gasteiger partial charge in [0.25, 0.3) is 5.91 Å². The normalized spacial score (nSPS) is 17.6. The van der Waals surface area contributed by atoms with E-state index in [1.165, 1.54) is 0 Å². The minimum Gasteiger partial charge on any atom is -0.320 e. The van der Waals surface area contributed by atoms with Crippen molar-refractivity contribution < 1.29 is 18.0 Å². The van der Waals surface area contributed by atoms with Crippen molar-refractivity contribution in [2.24, 2.45) is 0 Å². The predicted molar refractivity (Wildman–Crippen MR) is 81.3 cm³/mol. The molecular formula is C16H15F3N2OS. The maximum Gasteiger partial charge on any atom is 0.406 e. The van der Waals surface area contributed by atoms with E-state index < -0.39 is 24.7 Å². The van der Waals surface area contributed by atoms with Gasteiger partial charge in [0.2, 0.25) is 0 Å². The summed E-state index contributed by atoms with van der Waals surface area (Å²) in [7, 11) is 0. The Bertz CT molecular complexity index is 685. The first-order valence-corrected chi connectivity index (χ1v) is 8.19. The number of alkyl halides is 3. The zero-order valence-corrected chi connectivity index (χ0v) is 13.0. The van der Waals surface area contributed by atoms with Crippen LogP contribution in [0.3, 0.4) is 0 Å². The molecule has 7 heteroatoms. The number of hydrogen-bond donors (Lipinski definition) is 0. The van der Waals surface area contributed by atoms with Crippen LogP contribution in [0.25, 0.3) is 0 Å². The number of pyridine rings is 1. The highest BCUT2D eigenvalue weighted by Crippen LogP contribution is 2.35. The van der Waals surface area contributed by atoms with Gasteiger partial charge < -0.3 is 4.90 Å². The quantitative estimate of drug-likeness (QED) is 0.838. The van der Waals surface area contributed by atoms with Gasteiger partial charge in [-0.3, -0.25) is 9.78 Å². The first kappa shape index (κ1) is 16.0. The lowest BCUT2D eigenvalue weighted by Gasteiger charge is -2.35. The van der Waals surface area contributed by atoms with Crippen molar-refractivity contribution in [3.8, 4) is 0 Å². The maximum absolute atomic E-state index is 13.0. The van der Waals surface area contributed by atoms with Crippen LogP contribution in [0.5, 0.6) is 0 Å². The van der Waals surface area contributed by atoms with Gasteiger partial charge in [-0.25, -0.2) is 0 Å². The highest BCUT2D eigenvalue weighted by Gasteiger charge is 2.39. The van der Waals surface area contributed by atoms with Crippen LogP contribution in [0.1, 0.15) is 39.8 Å². The molecule has 3 nitrogen and oxygen atoms in total. The molecule has 1 atom stereocenters. The Morgan fingerprint density at radius 3 is 2.87 bits per heavy atom. The molecule has 2 aromatic rings. The van der Waals surface area contributed by atoms with Gasteiger partial charge in [0.05, 0.1) is 16.6 Å². The van der Waals surface area contributed by atoms with E-state index in [0.29, 0.717) is 17.0 Å². The Balaban J connectivity index is 1.97. The number of amides is 1. The van der Waals surface area contributed by atoms with Crippen molar-refractivity contribution in [2.75, 3.05) is 6.54 Å². The van der Waals surface area contributed by atoms with Gasteiger partial charge in [0.15, 0.2) is 0 Å². The molecule has 0 radical (unpaired) electrons. The standard InChI is InChI=1S/C16H15F3N2OS/c17-16(18,19)10-21(15(22)13-7-3-9-23-13)12-6-1-4-11-5-2-8-20-14(11)12/h2-3,5,7-9,12H,1,4,6,10H2/t12-/m1/s1. The number of rotatable bonds is 3. The van der Waals surface area contributed by atoms with Crippen LogP contribution in [0.15, 0.2) is 35.8 Å². The van der Waals surface area contributed by atoms with Crippen LogP contribution < -0.4 is 0 Å². The molecule has 1 aliphatic rings. The summed E-state index contributed by atoms with van der Waals surface area (Å²) in [6.07, 6.45) is -0.850. The smallest absolute Gasteiger partial charge is 0.320 e. The van der Waals surface area contributed by atoms with E-state index in [2.05, 4.69) is 4.98 Å². The molecule has 3 rings (SSSR count). The van der Waals surface area contributed by atoms with Gasteiger partial charge in [-0.15, -0.1) is 11.3 Å². The van der Waals surface area contributed by atoms with Gasteiger partial charge in [0, 0.05) is 6.20 Å². The van der Waals surface area contributed by atoms with Gasteiger partial charge >= 0.3 is 6.18 Å². The maximum atomic E-state index is 13.0. The van der Waals surface area contributed by atoms with Crippen molar-refractivity contribution in [3.05, 3.63) is 52.0 Å². The fourth-order valence-corrected chi connectivity index (χ4v) is 3.63. The summed E-state index contributed by atoms with van der Waals surface area (Å²) in [5.41, 5.74) is 1.52. The van der Waals surface area contributed by atoms with Crippen molar-refractivity contribution in [2.45, 2.75) is 31.5 Å². The molecule has 0 bridgehead atoms. The molecule has 0 N–H and O–H groups in total. The van der Waals surface area contributed by atoms with Crippen LogP contribution in [-0.4, -0.2) is 28.5 Å². The number of aromatic nitrogens is 1. The second kappa shape index (κ2) is 6.31. The molecule has 23 heavy (non-hydrogen) atoms. The van der Waals surface area contributed by atoms with E-state index in [1.807, 2.05) is 6.07 Å². The molecule has 0 unspecified atom stereocenters. The van der Waals surface area contributed by atoms with Crippen molar-refractivity contribution >= 4 is 17.2 Å². The zero-order chi connectivity index (χ0) is 16.4. The van der Waals surface area contributed by atoms with E-state index in [-0.39, 0.29) is 0 Å². The average Bonchev–Trinajstić information content (AvgIpc) is 3.05. The summed E-state index contributed by atoms with van der Waals surface area (Å²) in [4.78, 5) is 18.1. The van der Waals surface area contributed by atoms with Crippen LogP contribution >= 0.6 is 11.3 Å². The van der Waals surface area contributed by atoms with Crippen molar-refractivity contribution in [1.29, 1.82) is 0 Å². The fourth-order valence-electron chi connectivity index (χ4n) is 2.95. The summed E-state index contributed by atoms with van der Waals surface area (Å²) >= 11 is 1.15. The number of halogens is 3. The van der Waals surface area contributed by atoms with Crippen LogP contribution in [0, 0.1) is 0 Å². The second-order valence-electron chi connectivity index (χ2n) is 5.48. The van der Waals surface area contributed by atoms with Gasteiger partial charge in [-0.2, -0.15) is 13.2 Å². The third kappa shape index (κ3) is 3.55. The van der Waals surface area contributed by atoms with Crippen molar-refractivity contribution in [3.63, 3.8) is 0 Å². The third-order valence-electron chi connectivity index (χ3n) is 3.88. The van der Waals surface area contributed by atoms with E-state index in [1.54, 1.807) is 29.8 Å². The molecule has 1 amide bonds. The number of carbonyl (C=O) groups is 1. The van der Waals surface area contributed by atoms with Gasteiger partial charge in [-0.05, 0) is 42.3 Å². The largest absolute Gasteiger partial charge is 0.406 e. The summed E-state index contributed by atoms with van der Waals surface area (Å²) in [6, 6.07) is 6.23. The lowest BCUT2D eigenvalue weighted by Crippen LogP contribution is -2.42. The predicted octanol–water partition coefficient (Wildman–Crippen LogP) is 4.23. The summed E-state index contributed by atoms with van der Waals surface area (Å²) in [6.45, 7) is -1.26. The Kier molecular flexibility index (Phi) is 4.39. The Labute approximate surface area is 135 Å². The first-order valence-electron chi connectivity index (χ1n) is 7.31. The Morgan fingerprint density at radius 1 is 1.35 bits per heavy atom. The molecule has 2 heterocycles. The summed E-state index contributed by atoms with van der Waals surface area (Å²) < 4.78 is 39.1. The Morgan fingerprint density at radius 2 is 2.17 bits per heavy atom. The molecule has 0 saturated heterocycles. The lowest BCUT2D eigenvalue weighted by molar-refractivity contribution is -0.145. The Hall–Kier alpha value is -1.89. The van der Waals surface area contributed by atoms with Gasteiger partial charge in [-0.1, -0.05) is 12.1 Å². The average molecular weight is 340 g/mol. The molecule has 0 aromatic carbocycles. The molecule has 1 aliphatic carbocycles. The topological polar surface area (TPSA) is 33.2 Å². The zero-order valence-electron chi connectivity index (χ0n) is 12.2. The van der Waals surface area contributed by atoms with E-state index in [0.717, 1.165) is 34.6 Å². The second-order valence-corrected chi connectivity index (χ2v) is 6.43. The molecule has 122 valence electrons. The summed E-state index contributed by atoms with van der Waals surface area (Å²) in [5.74, 6) is -0.583. The van der Waals surface area contributed by atoms with E-state index in [4.69, 9.17) is 0 Å². The van der Waals surface area contributed by atoms with Crippen molar-refractivity contribution in [1.82, 2.24) is 9.88 Å². The van der Waals surface area contributed by atoms with Gasteiger partial charge in [0.1, 0.15) is 6.54 Å². The number of hydrogen-bond acceptors (Lipinski definition) is 3. The monoisotopic (exact) mass is 340 g/mol. The molecule has 0 spiro atoms. The third-order valence-corrected chi connectivity index (χ3v) is 4.74. The highest BCUT2D eigenvalue weighted by atomic mass is 32.1. The van der Waals surface area contributed by atoms with Crippen LogP contribution in [-0.2, 0) is 6.42 Å². The number of aryl methyl sites for hydroxylation is 1. The number of carbonyl (C=O) groups excluding carboxylic acids is 1. The minimum atomic E-state index is -4.45. The molecule has 0 saturated carbocycles.